The van der Waals surface area contributed by atoms with Crippen molar-refractivity contribution in [3.05, 3.63) is 59.7 Å². The maximum absolute atomic E-state index is 13.4. The lowest BCUT2D eigenvalue weighted by atomic mass is 9.98. The van der Waals surface area contributed by atoms with Crippen molar-refractivity contribution in [2.45, 2.75) is 51.1 Å². The molecule has 1 atom stereocenters. The summed E-state index contributed by atoms with van der Waals surface area (Å²) in [7, 11) is 0. The largest absolute Gasteiger partial charge is 0.481 e. The van der Waals surface area contributed by atoms with Gasteiger partial charge in [0, 0.05) is 18.0 Å². The molecule has 2 aromatic rings. The minimum absolute atomic E-state index is 0.0693. The van der Waals surface area contributed by atoms with E-state index in [4.69, 9.17) is 9.84 Å². The van der Waals surface area contributed by atoms with Crippen molar-refractivity contribution in [3.8, 4) is 11.1 Å². The summed E-state index contributed by atoms with van der Waals surface area (Å²) < 4.78 is 5.64. The molecule has 1 aliphatic carbocycles. The highest BCUT2D eigenvalue weighted by Crippen LogP contribution is 2.44. The van der Waals surface area contributed by atoms with Crippen LogP contribution in [0, 0.1) is 0 Å². The molecule has 2 amide bonds. The Morgan fingerprint density at radius 3 is 2.14 bits per heavy atom. The van der Waals surface area contributed by atoms with Crippen molar-refractivity contribution in [2.24, 2.45) is 0 Å². The van der Waals surface area contributed by atoms with E-state index < -0.39 is 23.6 Å². The Morgan fingerprint density at radius 2 is 1.63 bits per heavy atom. The first-order valence-electron chi connectivity index (χ1n) is 11.8. The molecule has 0 unspecified atom stereocenters. The zero-order valence-corrected chi connectivity index (χ0v) is 21.6. The predicted molar refractivity (Wildman–Crippen MR) is 139 cm³/mol. The third kappa shape index (κ3) is 6.57. The maximum Gasteiger partial charge on any atom is 0.407 e. The maximum atomic E-state index is 13.4. The highest BCUT2D eigenvalue weighted by Gasteiger charge is 2.34. The van der Waals surface area contributed by atoms with Gasteiger partial charge >= 0.3 is 12.1 Å². The summed E-state index contributed by atoms with van der Waals surface area (Å²) in [6.07, 6.45) is 1.53. The summed E-state index contributed by atoms with van der Waals surface area (Å²) in [6.45, 7) is 5.79. The molecule has 0 fully saturated rings. The van der Waals surface area contributed by atoms with Crippen LogP contribution in [0.5, 0.6) is 0 Å². The second-order valence-corrected chi connectivity index (χ2v) is 10.6. The number of nitrogens with one attached hydrogen (secondary N) is 1. The number of ether oxygens (including phenoxy) is 1. The minimum atomic E-state index is -0.975. The number of benzene rings is 2. The molecule has 2 aromatic carbocycles. The molecule has 0 saturated carbocycles. The molecule has 188 valence electrons. The Morgan fingerprint density at radius 1 is 1.06 bits per heavy atom. The molecule has 2 N–H and O–H groups in total. The summed E-state index contributed by atoms with van der Waals surface area (Å²) >= 11 is 1.57. The molecule has 0 bridgehead atoms. The van der Waals surface area contributed by atoms with Gasteiger partial charge in [0.1, 0.15) is 12.6 Å². The van der Waals surface area contributed by atoms with Crippen LogP contribution in [0.3, 0.4) is 0 Å². The minimum Gasteiger partial charge on any atom is -0.481 e. The van der Waals surface area contributed by atoms with E-state index in [-0.39, 0.29) is 31.4 Å². The van der Waals surface area contributed by atoms with Gasteiger partial charge in [0.2, 0.25) is 5.91 Å². The Labute approximate surface area is 211 Å². The molecule has 0 heterocycles. The highest BCUT2D eigenvalue weighted by molar-refractivity contribution is 7.98. The first-order valence-corrected chi connectivity index (χ1v) is 13.2. The molecule has 35 heavy (non-hydrogen) atoms. The van der Waals surface area contributed by atoms with Gasteiger partial charge in [0.05, 0.1) is 6.42 Å². The van der Waals surface area contributed by atoms with Crippen LogP contribution in [0.25, 0.3) is 11.1 Å². The fourth-order valence-corrected chi connectivity index (χ4v) is 4.92. The number of hydrogen-bond donors (Lipinski definition) is 2. The van der Waals surface area contributed by atoms with Crippen LogP contribution in [0.1, 0.15) is 50.7 Å². The second-order valence-electron chi connectivity index (χ2n) is 9.61. The quantitative estimate of drug-likeness (QED) is 0.491. The van der Waals surface area contributed by atoms with E-state index in [1.165, 1.54) is 4.90 Å². The number of thioether (sulfide) groups is 1. The zero-order valence-electron chi connectivity index (χ0n) is 20.7. The molecular formula is C27H34N2O5S. The lowest BCUT2D eigenvalue weighted by Crippen LogP contribution is -2.55. The Hall–Kier alpha value is -3.00. The van der Waals surface area contributed by atoms with Gasteiger partial charge in [0.25, 0.3) is 0 Å². The molecule has 8 heteroatoms. The summed E-state index contributed by atoms with van der Waals surface area (Å²) in [4.78, 5) is 38.9. The van der Waals surface area contributed by atoms with Crippen molar-refractivity contribution >= 4 is 29.7 Å². The summed E-state index contributed by atoms with van der Waals surface area (Å²) in [5, 5.41) is 11.9. The normalized spacial score (nSPS) is 13.5. The number of nitrogens with zero attached hydrogens (tertiary/aromatic N) is 1. The van der Waals surface area contributed by atoms with Crippen molar-refractivity contribution < 1.29 is 24.2 Å². The molecule has 3 rings (SSSR count). The van der Waals surface area contributed by atoms with Gasteiger partial charge in [-0.15, -0.1) is 0 Å². The van der Waals surface area contributed by atoms with Gasteiger partial charge < -0.3 is 20.1 Å². The molecule has 0 saturated heterocycles. The van der Waals surface area contributed by atoms with E-state index in [0.29, 0.717) is 12.2 Å². The molecule has 0 aromatic heterocycles. The van der Waals surface area contributed by atoms with E-state index >= 15 is 0 Å². The van der Waals surface area contributed by atoms with Crippen LogP contribution in [-0.2, 0) is 14.3 Å². The third-order valence-corrected chi connectivity index (χ3v) is 6.81. The van der Waals surface area contributed by atoms with Crippen molar-refractivity contribution in [2.75, 3.05) is 25.2 Å². The van der Waals surface area contributed by atoms with Gasteiger partial charge in [-0.05, 0) is 61.5 Å². The average Bonchev–Trinajstić information content (AvgIpc) is 3.13. The molecule has 1 aliphatic rings. The molecule has 7 nitrogen and oxygen atoms in total. The number of rotatable bonds is 10. The third-order valence-electron chi connectivity index (χ3n) is 6.17. The van der Waals surface area contributed by atoms with E-state index in [0.717, 1.165) is 22.3 Å². The van der Waals surface area contributed by atoms with Crippen molar-refractivity contribution in [1.29, 1.82) is 0 Å². The van der Waals surface area contributed by atoms with Gasteiger partial charge in [-0.1, -0.05) is 48.5 Å². The Balaban J connectivity index is 1.71. The van der Waals surface area contributed by atoms with Crippen LogP contribution in [0.2, 0.25) is 0 Å². The van der Waals surface area contributed by atoms with Crippen molar-refractivity contribution in [3.63, 3.8) is 0 Å². The van der Waals surface area contributed by atoms with Crippen LogP contribution in [-0.4, -0.2) is 64.7 Å². The molecule has 0 aliphatic heterocycles. The topological polar surface area (TPSA) is 95.9 Å². The number of amides is 2. The fraction of sp³-hybridized carbons (Fsp3) is 0.444. The number of aliphatic carboxylic acids is 1. The van der Waals surface area contributed by atoms with Gasteiger partial charge in [-0.25, -0.2) is 4.79 Å². The first kappa shape index (κ1) is 26.6. The molecule has 0 spiro atoms. The molecular weight excluding hydrogens is 464 g/mol. The Bertz CT molecular complexity index is 1020. The highest BCUT2D eigenvalue weighted by atomic mass is 32.2. The number of carbonyl (C=O) groups excluding carboxylic acids is 2. The van der Waals surface area contributed by atoms with E-state index in [1.807, 2.05) is 51.3 Å². The standard InChI is InChI=1S/C27H34N2O5S/c1-27(2,3)29(15-13-24(30)31)25(32)23(14-16-35-4)28-26(33)34-17-22-20-11-7-5-9-18(20)19-10-6-8-12-21(19)22/h5-12,22-23H,13-17H2,1-4H3,(H,28,33)(H,30,31)/t23-/m0/s1. The van der Waals surface area contributed by atoms with E-state index in [1.54, 1.807) is 11.8 Å². The number of carboxylic acid groups (broad SMARTS) is 1. The van der Waals surface area contributed by atoms with Crippen LogP contribution in [0.4, 0.5) is 4.79 Å². The number of fused-ring (bicyclic) bond motifs is 3. The van der Waals surface area contributed by atoms with Crippen molar-refractivity contribution in [1.82, 2.24) is 10.2 Å². The van der Waals surface area contributed by atoms with Gasteiger partial charge in [-0.3, -0.25) is 9.59 Å². The fourth-order valence-electron chi connectivity index (χ4n) is 4.45. The summed E-state index contributed by atoms with van der Waals surface area (Å²) in [5.74, 6) is -0.689. The zero-order chi connectivity index (χ0) is 25.6. The lowest BCUT2D eigenvalue weighted by Gasteiger charge is -2.38. The SMILES string of the molecule is CSCC[C@H](NC(=O)OCC1c2ccccc2-c2ccccc21)C(=O)N(CCC(=O)O)C(C)(C)C. The van der Waals surface area contributed by atoms with E-state index in [2.05, 4.69) is 29.6 Å². The number of alkyl carbamates (subject to hydrolysis) is 1. The summed E-state index contributed by atoms with van der Waals surface area (Å²) in [6, 6.07) is 15.4. The predicted octanol–water partition coefficient (Wildman–Crippen LogP) is 4.75. The number of carboxylic acids is 1. The van der Waals surface area contributed by atoms with Crippen LogP contribution >= 0.6 is 11.8 Å². The van der Waals surface area contributed by atoms with Gasteiger partial charge in [-0.2, -0.15) is 11.8 Å². The smallest absolute Gasteiger partial charge is 0.407 e. The second kappa shape index (κ2) is 11.6. The Kier molecular flexibility index (Phi) is 8.83. The average molecular weight is 499 g/mol. The lowest BCUT2D eigenvalue weighted by molar-refractivity contribution is -0.141. The van der Waals surface area contributed by atoms with Crippen LogP contribution in [0.15, 0.2) is 48.5 Å². The summed E-state index contributed by atoms with van der Waals surface area (Å²) in [5.41, 5.74) is 3.93. The van der Waals surface area contributed by atoms with Crippen LogP contribution < -0.4 is 5.32 Å². The monoisotopic (exact) mass is 498 g/mol. The van der Waals surface area contributed by atoms with Gasteiger partial charge in [0.15, 0.2) is 0 Å². The molecule has 0 radical (unpaired) electrons. The van der Waals surface area contributed by atoms with E-state index in [9.17, 15) is 14.4 Å². The first-order chi connectivity index (χ1) is 16.6. The number of carbonyl (C=O) groups is 3. The number of hydrogen-bond acceptors (Lipinski definition) is 5.